The van der Waals surface area contributed by atoms with E-state index >= 15 is 0 Å². The van der Waals surface area contributed by atoms with Gasteiger partial charge in [0.25, 0.3) is 0 Å². The van der Waals surface area contributed by atoms with E-state index in [0.717, 1.165) is 11.1 Å². The fourth-order valence-corrected chi connectivity index (χ4v) is 6.95. The topological polar surface area (TPSA) is 138 Å². The SMILES string of the molecule is C[C@]12CCC(=O)C=C1C[C@@H](C(=O)[O-])[C@@H]1C2=C[C@H](O)[C@@]2(C)[C@H]1CC[C@@]2(O)CCC(=O)[O-].[H+].[H+]. The Morgan fingerprint density at radius 2 is 1.97 bits per heavy atom. The molecule has 7 heteroatoms. The highest BCUT2D eigenvalue weighted by Crippen LogP contribution is 2.67. The molecule has 7 nitrogen and oxygen atoms in total. The van der Waals surface area contributed by atoms with E-state index in [0.29, 0.717) is 19.3 Å². The molecule has 2 N–H and O–H groups in total. The van der Waals surface area contributed by atoms with E-state index in [1.807, 2.05) is 6.92 Å². The van der Waals surface area contributed by atoms with E-state index in [1.54, 1.807) is 19.1 Å². The van der Waals surface area contributed by atoms with Crippen molar-refractivity contribution in [2.24, 2.45) is 28.6 Å². The minimum absolute atomic E-state index is 0. The van der Waals surface area contributed by atoms with Gasteiger partial charge in [0.1, 0.15) is 0 Å². The molecule has 0 radical (unpaired) electrons. The van der Waals surface area contributed by atoms with Gasteiger partial charge < -0.3 is 30.0 Å². The van der Waals surface area contributed by atoms with Crippen LogP contribution in [0.2, 0.25) is 0 Å². The highest BCUT2D eigenvalue weighted by atomic mass is 16.4. The molecule has 0 bridgehead atoms. The normalized spacial score (nSPS) is 45.0. The minimum Gasteiger partial charge on any atom is -0.550 e. The van der Waals surface area contributed by atoms with Gasteiger partial charge in [-0.15, -0.1) is 0 Å². The summed E-state index contributed by atoms with van der Waals surface area (Å²) in [5.41, 5.74) is -1.42. The number of aliphatic hydroxyl groups is 2. The lowest BCUT2D eigenvalue weighted by Crippen LogP contribution is -2.60. The molecule has 7 atom stereocenters. The Morgan fingerprint density at radius 3 is 2.60 bits per heavy atom. The third-order valence-corrected chi connectivity index (χ3v) is 8.86. The molecule has 4 rings (SSSR count). The summed E-state index contributed by atoms with van der Waals surface area (Å²) < 4.78 is 0. The van der Waals surface area contributed by atoms with Crippen molar-refractivity contribution in [1.29, 1.82) is 0 Å². The van der Waals surface area contributed by atoms with Crippen LogP contribution in [0, 0.1) is 28.6 Å². The van der Waals surface area contributed by atoms with Crippen molar-refractivity contribution in [2.45, 2.75) is 70.5 Å². The summed E-state index contributed by atoms with van der Waals surface area (Å²) in [7, 11) is 0. The van der Waals surface area contributed by atoms with Gasteiger partial charge in [0.15, 0.2) is 5.78 Å². The molecule has 0 aliphatic heterocycles. The Labute approximate surface area is 178 Å². The van der Waals surface area contributed by atoms with Gasteiger partial charge in [0.05, 0.1) is 11.7 Å². The number of allylic oxidation sites excluding steroid dienone is 3. The molecule has 4 aliphatic carbocycles. The van der Waals surface area contributed by atoms with E-state index < -0.39 is 46.3 Å². The van der Waals surface area contributed by atoms with Crippen LogP contribution in [-0.4, -0.2) is 39.6 Å². The van der Waals surface area contributed by atoms with Crippen LogP contribution < -0.4 is 10.2 Å². The smallest absolute Gasteiger partial charge is 0.550 e. The largest absolute Gasteiger partial charge is 1.00 e. The van der Waals surface area contributed by atoms with Crippen molar-refractivity contribution >= 4 is 17.7 Å². The van der Waals surface area contributed by atoms with Gasteiger partial charge in [0, 0.05) is 35.1 Å². The molecule has 0 saturated heterocycles. The lowest BCUT2D eigenvalue weighted by Gasteiger charge is -2.58. The Balaban J connectivity index is 0.00000181. The molecule has 30 heavy (non-hydrogen) atoms. The fourth-order valence-electron chi connectivity index (χ4n) is 6.95. The summed E-state index contributed by atoms with van der Waals surface area (Å²) in [5.74, 6) is -4.11. The quantitative estimate of drug-likeness (QED) is 0.607. The monoisotopic (exact) mass is 418 g/mol. The first kappa shape index (κ1) is 21.2. The van der Waals surface area contributed by atoms with Gasteiger partial charge >= 0.3 is 2.85 Å². The van der Waals surface area contributed by atoms with Crippen molar-refractivity contribution in [3.05, 3.63) is 23.3 Å². The molecule has 0 heterocycles. The van der Waals surface area contributed by atoms with E-state index in [4.69, 9.17) is 0 Å². The summed E-state index contributed by atoms with van der Waals surface area (Å²) in [6.07, 6.45) is 3.71. The molecule has 0 aromatic carbocycles. The van der Waals surface area contributed by atoms with Gasteiger partial charge in [-0.1, -0.05) is 31.1 Å². The van der Waals surface area contributed by atoms with Gasteiger partial charge in [-0.25, -0.2) is 0 Å². The molecular formula is C23H30O7. The molecule has 0 aromatic heterocycles. The van der Waals surface area contributed by atoms with E-state index in [9.17, 15) is 34.8 Å². The molecule has 2 fully saturated rings. The lowest BCUT2D eigenvalue weighted by molar-refractivity contribution is -0.315. The first-order chi connectivity index (χ1) is 13.9. The average Bonchev–Trinajstić information content (AvgIpc) is 2.94. The number of hydrogen-bond donors (Lipinski definition) is 2. The van der Waals surface area contributed by atoms with Crippen LogP contribution >= 0.6 is 0 Å². The number of aliphatic carboxylic acids is 2. The molecular weight excluding hydrogens is 388 g/mol. The first-order valence-electron chi connectivity index (χ1n) is 10.7. The molecule has 0 amide bonds. The third kappa shape index (κ3) is 2.74. The maximum absolute atomic E-state index is 12.2. The van der Waals surface area contributed by atoms with Gasteiger partial charge in [-0.3, -0.25) is 4.79 Å². The average molecular weight is 418 g/mol. The number of carbonyl (C=O) groups excluding carboxylic acids is 3. The molecule has 0 aromatic rings. The van der Waals surface area contributed by atoms with Crippen molar-refractivity contribution in [3.63, 3.8) is 0 Å². The van der Waals surface area contributed by atoms with E-state index in [-0.39, 0.29) is 40.2 Å². The van der Waals surface area contributed by atoms with Crippen molar-refractivity contribution in [2.75, 3.05) is 0 Å². The van der Waals surface area contributed by atoms with Crippen LogP contribution in [-0.2, 0) is 14.4 Å². The summed E-state index contributed by atoms with van der Waals surface area (Å²) in [6.45, 7) is 3.74. The van der Waals surface area contributed by atoms with Crippen molar-refractivity contribution in [1.82, 2.24) is 0 Å². The summed E-state index contributed by atoms with van der Waals surface area (Å²) >= 11 is 0. The van der Waals surface area contributed by atoms with Crippen LogP contribution in [0.5, 0.6) is 0 Å². The number of carboxylic acid groups (broad SMARTS) is 2. The molecule has 164 valence electrons. The number of aliphatic hydroxyl groups excluding tert-OH is 1. The number of carboxylic acids is 2. The summed E-state index contributed by atoms with van der Waals surface area (Å²) in [4.78, 5) is 35.2. The number of carbonyl (C=O) groups is 3. The van der Waals surface area contributed by atoms with Crippen molar-refractivity contribution < 1.29 is 37.7 Å². The van der Waals surface area contributed by atoms with Crippen LogP contribution in [0.1, 0.15) is 61.6 Å². The second-order valence-electron chi connectivity index (χ2n) is 10.0. The maximum atomic E-state index is 12.2. The van der Waals surface area contributed by atoms with Gasteiger partial charge in [0.2, 0.25) is 0 Å². The fraction of sp³-hybridized carbons (Fsp3) is 0.696. The highest BCUT2D eigenvalue weighted by Gasteiger charge is 2.66. The Bertz CT molecular complexity index is 884. The third-order valence-electron chi connectivity index (χ3n) is 8.86. The predicted molar refractivity (Wildman–Crippen MR) is 103 cm³/mol. The molecule has 2 saturated carbocycles. The van der Waals surface area contributed by atoms with E-state index in [2.05, 4.69) is 0 Å². The second kappa shape index (κ2) is 6.76. The molecule has 0 spiro atoms. The zero-order valence-corrected chi connectivity index (χ0v) is 17.3. The van der Waals surface area contributed by atoms with E-state index in [1.165, 1.54) is 0 Å². The summed E-state index contributed by atoms with van der Waals surface area (Å²) in [5, 5.41) is 45.8. The highest BCUT2D eigenvalue weighted by molar-refractivity contribution is 5.92. The first-order valence-corrected chi connectivity index (χ1v) is 10.7. The maximum Gasteiger partial charge on any atom is 1.00 e. The molecule has 0 unspecified atom stereocenters. The molecule has 4 aliphatic rings. The minimum atomic E-state index is -1.44. The van der Waals surface area contributed by atoms with Crippen molar-refractivity contribution in [3.8, 4) is 0 Å². The Morgan fingerprint density at radius 1 is 1.27 bits per heavy atom. The number of hydrogen-bond acceptors (Lipinski definition) is 7. The van der Waals surface area contributed by atoms with Crippen LogP contribution in [0.25, 0.3) is 0 Å². The second-order valence-corrected chi connectivity index (χ2v) is 10.0. The number of ketones is 1. The van der Waals surface area contributed by atoms with Gasteiger partial charge in [-0.05, 0) is 56.4 Å². The van der Waals surface area contributed by atoms with Gasteiger partial charge in [-0.2, -0.15) is 0 Å². The lowest BCUT2D eigenvalue weighted by atomic mass is 9.47. The zero-order valence-electron chi connectivity index (χ0n) is 19.3. The number of rotatable bonds is 4. The van der Waals surface area contributed by atoms with Crippen LogP contribution in [0.4, 0.5) is 0 Å². The zero-order chi connectivity index (χ0) is 22.1. The number of fused-ring (bicyclic) bond motifs is 5. The Hall–Kier alpha value is -1.99. The standard InChI is InChI=1S/C23H30O7/c1-21-6-3-13(24)9-12(21)10-14(20(28)29)19-15-4-7-23(30,8-5-18(26)27)22(15,2)17(25)11-16(19)21/h9,11,14-15,17,19,25,30H,3-8,10H2,1-2H3,(H,26,27)(H,28,29)/t14-,15+,17+,19+,21+,22-,23-/m1/s1. The predicted octanol–water partition coefficient (Wildman–Crippen LogP) is -0.129. The van der Waals surface area contributed by atoms with Crippen LogP contribution in [0.3, 0.4) is 0 Å². The Kier molecular flexibility index (Phi) is 4.78. The summed E-state index contributed by atoms with van der Waals surface area (Å²) in [6, 6.07) is 0. The van der Waals surface area contributed by atoms with Crippen LogP contribution in [0.15, 0.2) is 23.3 Å².